The summed E-state index contributed by atoms with van der Waals surface area (Å²) < 4.78 is 10.4. The second kappa shape index (κ2) is 7.87. The van der Waals surface area contributed by atoms with Gasteiger partial charge in [-0.1, -0.05) is 19.9 Å². The first-order valence-electron chi connectivity index (χ1n) is 7.38. The van der Waals surface area contributed by atoms with Gasteiger partial charge in [0.15, 0.2) is 0 Å². The third kappa shape index (κ3) is 4.39. The van der Waals surface area contributed by atoms with Crippen LogP contribution < -0.4 is 20.1 Å². The fourth-order valence-corrected chi connectivity index (χ4v) is 3.19. The number of amides is 2. The van der Waals surface area contributed by atoms with E-state index in [1.54, 1.807) is 43.8 Å². The number of hydrogen-bond acceptors (Lipinski definition) is 4. The molecule has 0 saturated carbocycles. The lowest BCUT2D eigenvalue weighted by Gasteiger charge is -2.22. The topological polar surface area (TPSA) is 59.6 Å². The van der Waals surface area contributed by atoms with Gasteiger partial charge in [0.05, 0.1) is 25.9 Å². The predicted octanol–water partition coefficient (Wildman–Crippen LogP) is 4.28. The predicted molar refractivity (Wildman–Crippen MR) is 93.6 cm³/mol. The molecule has 0 aliphatic carbocycles. The van der Waals surface area contributed by atoms with Crippen molar-refractivity contribution >= 4 is 23.1 Å². The molecule has 0 aliphatic rings. The molecule has 2 rings (SSSR count). The van der Waals surface area contributed by atoms with Crippen LogP contribution in [0.3, 0.4) is 0 Å². The standard InChI is InChI=1S/C17H22N2O3S/c1-11(2)16(15-6-5-9-23-15)19-17(20)18-13-8-7-12(21-3)10-14(13)22-4/h5-11,16H,1-4H3,(H2,18,19,20). The minimum absolute atomic E-state index is 0.0285. The molecular formula is C17H22N2O3S. The Morgan fingerprint density at radius 2 is 1.96 bits per heavy atom. The Morgan fingerprint density at radius 3 is 2.52 bits per heavy atom. The van der Waals surface area contributed by atoms with Crippen LogP contribution in [0.25, 0.3) is 0 Å². The van der Waals surface area contributed by atoms with E-state index in [0.29, 0.717) is 17.2 Å². The molecule has 23 heavy (non-hydrogen) atoms. The van der Waals surface area contributed by atoms with Crippen molar-refractivity contribution in [3.8, 4) is 11.5 Å². The molecule has 1 aromatic carbocycles. The zero-order chi connectivity index (χ0) is 16.8. The van der Waals surface area contributed by atoms with Crippen LogP contribution in [0.1, 0.15) is 24.8 Å². The van der Waals surface area contributed by atoms with Crippen LogP contribution in [0.5, 0.6) is 11.5 Å². The molecule has 0 bridgehead atoms. The average molecular weight is 334 g/mol. The molecule has 1 unspecified atom stereocenters. The summed E-state index contributed by atoms with van der Waals surface area (Å²) in [5.74, 6) is 1.51. The Morgan fingerprint density at radius 1 is 1.17 bits per heavy atom. The molecule has 0 fully saturated rings. The zero-order valence-corrected chi connectivity index (χ0v) is 14.6. The molecule has 6 heteroatoms. The number of anilines is 1. The highest BCUT2D eigenvalue weighted by Gasteiger charge is 2.20. The first-order chi connectivity index (χ1) is 11.0. The number of hydrogen-bond donors (Lipinski definition) is 2. The molecule has 1 aromatic heterocycles. The van der Waals surface area contributed by atoms with Crippen LogP contribution in [0.2, 0.25) is 0 Å². The van der Waals surface area contributed by atoms with Gasteiger partial charge in [0.2, 0.25) is 0 Å². The lowest BCUT2D eigenvalue weighted by atomic mass is 10.0. The number of ether oxygens (including phenoxy) is 2. The number of benzene rings is 1. The molecule has 0 radical (unpaired) electrons. The van der Waals surface area contributed by atoms with Gasteiger partial charge in [-0.25, -0.2) is 4.79 Å². The van der Waals surface area contributed by atoms with Gasteiger partial charge in [0.25, 0.3) is 0 Å². The van der Waals surface area contributed by atoms with E-state index in [4.69, 9.17) is 9.47 Å². The van der Waals surface area contributed by atoms with Gasteiger partial charge in [-0.15, -0.1) is 11.3 Å². The molecule has 1 atom stereocenters. The summed E-state index contributed by atoms with van der Waals surface area (Å²) in [6, 6.07) is 8.99. The van der Waals surface area contributed by atoms with E-state index in [0.717, 1.165) is 4.88 Å². The second-order valence-electron chi connectivity index (χ2n) is 5.40. The average Bonchev–Trinajstić information content (AvgIpc) is 3.06. The molecule has 2 N–H and O–H groups in total. The Labute approximate surface area is 140 Å². The number of rotatable bonds is 6. The van der Waals surface area contributed by atoms with Gasteiger partial charge >= 0.3 is 6.03 Å². The SMILES string of the molecule is COc1ccc(NC(=O)NC(c2cccs2)C(C)C)c(OC)c1. The van der Waals surface area contributed by atoms with Crippen molar-refractivity contribution in [2.75, 3.05) is 19.5 Å². The summed E-state index contributed by atoms with van der Waals surface area (Å²) in [4.78, 5) is 13.5. The maximum Gasteiger partial charge on any atom is 0.319 e. The monoisotopic (exact) mass is 334 g/mol. The van der Waals surface area contributed by atoms with Gasteiger partial charge in [-0.2, -0.15) is 0 Å². The highest BCUT2D eigenvalue weighted by Crippen LogP contribution is 2.30. The van der Waals surface area contributed by atoms with Crippen LogP contribution in [-0.4, -0.2) is 20.3 Å². The van der Waals surface area contributed by atoms with E-state index in [-0.39, 0.29) is 18.0 Å². The van der Waals surface area contributed by atoms with Crippen molar-refractivity contribution in [3.63, 3.8) is 0 Å². The number of thiophene rings is 1. The van der Waals surface area contributed by atoms with Crippen molar-refractivity contribution in [1.82, 2.24) is 5.32 Å². The summed E-state index contributed by atoms with van der Waals surface area (Å²) >= 11 is 1.64. The second-order valence-corrected chi connectivity index (χ2v) is 6.38. The molecule has 2 amide bonds. The van der Waals surface area contributed by atoms with E-state index in [1.165, 1.54) is 0 Å². The van der Waals surface area contributed by atoms with Crippen molar-refractivity contribution in [2.45, 2.75) is 19.9 Å². The van der Waals surface area contributed by atoms with Crippen LogP contribution >= 0.6 is 11.3 Å². The minimum atomic E-state index is -0.263. The van der Waals surface area contributed by atoms with Gasteiger partial charge < -0.3 is 20.1 Å². The molecule has 0 spiro atoms. The van der Waals surface area contributed by atoms with Crippen LogP contribution in [-0.2, 0) is 0 Å². The van der Waals surface area contributed by atoms with E-state index in [1.807, 2.05) is 17.5 Å². The van der Waals surface area contributed by atoms with Crippen molar-refractivity contribution in [2.24, 2.45) is 5.92 Å². The lowest BCUT2D eigenvalue weighted by Crippen LogP contribution is -2.34. The highest BCUT2D eigenvalue weighted by molar-refractivity contribution is 7.10. The fraction of sp³-hybridized carbons (Fsp3) is 0.353. The molecule has 5 nitrogen and oxygen atoms in total. The molecular weight excluding hydrogens is 312 g/mol. The number of carbonyl (C=O) groups excluding carboxylic acids is 1. The normalized spacial score (nSPS) is 11.9. The molecule has 0 aliphatic heterocycles. The van der Waals surface area contributed by atoms with E-state index in [9.17, 15) is 4.79 Å². The van der Waals surface area contributed by atoms with Crippen molar-refractivity contribution < 1.29 is 14.3 Å². The fourth-order valence-electron chi connectivity index (χ4n) is 2.24. The minimum Gasteiger partial charge on any atom is -0.497 e. The van der Waals surface area contributed by atoms with Gasteiger partial charge in [-0.05, 0) is 29.5 Å². The number of urea groups is 1. The van der Waals surface area contributed by atoms with Crippen LogP contribution in [0, 0.1) is 5.92 Å². The summed E-state index contributed by atoms with van der Waals surface area (Å²) in [6.07, 6.45) is 0. The smallest absolute Gasteiger partial charge is 0.319 e. The Hall–Kier alpha value is -2.21. The summed E-state index contributed by atoms with van der Waals surface area (Å²) in [5, 5.41) is 7.87. The Bertz CT molecular complexity index is 641. The van der Waals surface area contributed by atoms with Gasteiger partial charge in [-0.3, -0.25) is 0 Å². The quantitative estimate of drug-likeness (QED) is 0.829. The van der Waals surface area contributed by atoms with E-state index in [2.05, 4.69) is 24.5 Å². The lowest BCUT2D eigenvalue weighted by molar-refractivity contribution is 0.245. The summed E-state index contributed by atoms with van der Waals surface area (Å²) in [6.45, 7) is 4.16. The number of methoxy groups -OCH3 is 2. The molecule has 1 heterocycles. The van der Waals surface area contributed by atoms with E-state index < -0.39 is 0 Å². The number of carbonyl (C=O) groups is 1. The third-order valence-corrected chi connectivity index (χ3v) is 4.42. The molecule has 124 valence electrons. The zero-order valence-electron chi connectivity index (χ0n) is 13.8. The summed E-state index contributed by atoms with van der Waals surface area (Å²) in [7, 11) is 3.14. The molecule has 0 saturated heterocycles. The largest absolute Gasteiger partial charge is 0.497 e. The van der Waals surface area contributed by atoms with Crippen molar-refractivity contribution in [3.05, 3.63) is 40.6 Å². The van der Waals surface area contributed by atoms with Gasteiger partial charge in [0, 0.05) is 10.9 Å². The van der Waals surface area contributed by atoms with Gasteiger partial charge in [0.1, 0.15) is 11.5 Å². The third-order valence-electron chi connectivity index (χ3n) is 3.46. The maximum absolute atomic E-state index is 12.3. The van der Waals surface area contributed by atoms with Crippen molar-refractivity contribution in [1.29, 1.82) is 0 Å². The number of nitrogens with one attached hydrogen (secondary N) is 2. The van der Waals surface area contributed by atoms with Crippen LogP contribution in [0.4, 0.5) is 10.5 Å². The highest BCUT2D eigenvalue weighted by atomic mass is 32.1. The Balaban J connectivity index is 2.09. The Kier molecular flexibility index (Phi) is 5.87. The summed E-state index contributed by atoms with van der Waals surface area (Å²) in [5.41, 5.74) is 0.597. The first kappa shape index (κ1) is 17.1. The molecule has 2 aromatic rings. The first-order valence-corrected chi connectivity index (χ1v) is 8.26. The maximum atomic E-state index is 12.3. The van der Waals surface area contributed by atoms with E-state index >= 15 is 0 Å². The van der Waals surface area contributed by atoms with Crippen LogP contribution in [0.15, 0.2) is 35.7 Å².